The fraction of sp³-hybridized carbons (Fsp3) is 0.333. The first kappa shape index (κ1) is 19.6. The van der Waals surface area contributed by atoms with E-state index < -0.39 is 10.0 Å². The van der Waals surface area contributed by atoms with E-state index in [0.29, 0.717) is 29.9 Å². The summed E-state index contributed by atoms with van der Waals surface area (Å²) in [6.45, 7) is 0.800. The Morgan fingerprint density at radius 3 is 2.55 bits per heavy atom. The van der Waals surface area contributed by atoms with Gasteiger partial charge in [0.05, 0.1) is 4.90 Å². The summed E-state index contributed by atoms with van der Waals surface area (Å²) >= 11 is 0. The van der Waals surface area contributed by atoms with Crippen LogP contribution >= 0.6 is 0 Å². The highest BCUT2D eigenvalue weighted by Crippen LogP contribution is 2.48. The molecule has 0 spiro atoms. The van der Waals surface area contributed by atoms with Crippen molar-refractivity contribution < 1.29 is 17.6 Å². The molecular formula is C21H22FN3O3S. The first-order chi connectivity index (χ1) is 13.8. The van der Waals surface area contributed by atoms with Crippen molar-refractivity contribution in [3.8, 4) is 0 Å². The van der Waals surface area contributed by atoms with E-state index in [-0.39, 0.29) is 28.5 Å². The smallest absolute Gasteiger partial charge is 0.283 e. The summed E-state index contributed by atoms with van der Waals surface area (Å²) in [5, 5.41) is 2.78. The molecule has 1 amide bonds. The van der Waals surface area contributed by atoms with Crippen LogP contribution in [0.15, 0.2) is 57.8 Å². The molecule has 1 heterocycles. The van der Waals surface area contributed by atoms with Gasteiger partial charge < -0.3 is 10.2 Å². The molecule has 2 fully saturated rings. The molecule has 8 heteroatoms. The van der Waals surface area contributed by atoms with Crippen molar-refractivity contribution in [1.29, 1.82) is 0 Å². The molecule has 1 aliphatic carbocycles. The number of carbonyl (C=O) groups excluding carboxylic acids is 1. The molecule has 1 saturated carbocycles. The number of nitrogens with zero attached hydrogens (tertiary/aromatic N) is 2. The lowest BCUT2D eigenvalue weighted by Gasteiger charge is -2.11. The normalized spacial score (nSPS) is 22.7. The standard InChI is InChI=1S/C21H22FN3O3S/c1-25-12-4-7-20(25)24-29(27,28)15-10-8-14(9-11-15)23-21(26)18-13-17(18)16-5-2-3-6-19(16)22/h2-3,5-6,8-11,17-18H,4,7,12-13H2,1H3,(H,23,26)/b24-20+. The van der Waals surface area contributed by atoms with Gasteiger partial charge in [0.2, 0.25) is 5.91 Å². The van der Waals surface area contributed by atoms with Gasteiger partial charge >= 0.3 is 0 Å². The number of hydrogen-bond acceptors (Lipinski definition) is 3. The Morgan fingerprint density at radius 1 is 1.17 bits per heavy atom. The van der Waals surface area contributed by atoms with Crippen molar-refractivity contribution in [2.45, 2.75) is 30.1 Å². The van der Waals surface area contributed by atoms with Gasteiger partial charge in [0, 0.05) is 31.6 Å². The van der Waals surface area contributed by atoms with Crippen molar-refractivity contribution >= 4 is 27.5 Å². The third kappa shape index (κ3) is 4.17. The monoisotopic (exact) mass is 415 g/mol. The van der Waals surface area contributed by atoms with Crippen LogP contribution in [-0.2, 0) is 14.8 Å². The highest BCUT2D eigenvalue weighted by Gasteiger charge is 2.45. The Balaban J connectivity index is 1.41. The Labute approximate surface area is 169 Å². The lowest BCUT2D eigenvalue weighted by molar-refractivity contribution is -0.117. The van der Waals surface area contributed by atoms with E-state index in [9.17, 15) is 17.6 Å². The number of likely N-dealkylation sites (tertiary alicyclic amines) is 1. The van der Waals surface area contributed by atoms with Crippen LogP contribution in [0.25, 0.3) is 0 Å². The summed E-state index contributed by atoms with van der Waals surface area (Å²) in [4.78, 5) is 14.4. The number of anilines is 1. The number of nitrogens with one attached hydrogen (secondary N) is 1. The van der Waals surface area contributed by atoms with Crippen LogP contribution in [0.4, 0.5) is 10.1 Å². The van der Waals surface area contributed by atoms with E-state index in [1.165, 1.54) is 18.2 Å². The minimum absolute atomic E-state index is 0.0824. The molecule has 1 aliphatic heterocycles. The van der Waals surface area contributed by atoms with Gasteiger partial charge in [-0.05, 0) is 54.7 Å². The lowest BCUT2D eigenvalue weighted by atomic mass is 10.1. The van der Waals surface area contributed by atoms with Crippen molar-refractivity contribution in [3.63, 3.8) is 0 Å². The van der Waals surface area contributed by atoms with Crippen LogP contribution in [-0.4, -0.2) is 38.7 Å². The van der Waals surface area contributed by atoms with Gasteiger partial charge in [0.15, 0.2) is 0 Å². The van der Waals surface area contributed by atoms with Crippen LogP contribution in [0.5, 0.6) is 0 Å². The number of rotatable bonds is 5. The van der Waals surface area contributed by atoms with Crippen molar-refractivity contribution in [1.82, 2.24) is 4.90 Å². The van der Waals surface area contributed by atoms with E-state index in [4.69, 9.17) is 0 Å². The SMILES string of the molecule is CN1CCC/C1=N\S(=O)(=O)c1ccc(NC(=O)C2CC2c2ccccc2F)cc1. The molecule has 0 aromatic heterocycles. The number of sulfonamides is 1. The van der Waals surface area contributed by atoms with E-state index in [0.717, 1.165) is 13.0 Å². The molecule has 0 radical (unpaired) electrons. The maximum absolute atomic E-state index is 13.9. The van der Waals surface area contributed by atoms with Gasteiger partial charge in [0.25, 0.3) is 10.0 Å². The largest absolute Gasteiger partial charge is 0.362 e. The molecule has 2 aromatic rings. The number of carbonyl (C=O) groups is 1. The first-order valence-electron chi connectivity index (χ1n) is 9.55. The number of benzene rings is 2. The van der Waals surface area contributed by atoms with Gasteiger partial charge in [-0.25, -0.2) is 4.39 Å². The zero-order chi connectivity index (χ0) is 20.6. The fourth-order valence-corrected chi connectivity index (χ4v) is 4.74. The third-order valence-electron chi connectivity index (χ3n) is 5.41. The Bertz CT molecular complexity index is 1070. The minimum Gasteiger partial charge on any atom is -0.362 e. The zero-order valence-corrected chi connectivity index (χ0v) is 16.8. The van der Waals surface area contributed by atoms with E-state index in [1.54, 1.807) is 30.3 Å². The number of hydrogen-bond donors (Lipinski definition) is 1. The minimum atomic E-state index is -3.78. The second-order valence-electron chi connectivity index (χ2n) is 7.49. The van der Waals surface area contributed by atoms with E-state index in [2.05, 4.69) is 9.71 Å². The maximum Gasteiger partial charge on any atom is 0.283 e. The van der Waals surface area contributed by atoms with Gasteiger partial charge in [-0.3, -0.25) is 4.79 Å². The topological polar surface area (TPSA) is 78.8 Å². The predicted molar refractivity (Wildman–Crippen MR) is 109 cm³/mol. The molecule has 1 N–H and O–H groups in total. The van der Waals surface area contributed by atoms with E-state index >= 15 is 0 Å². The van der Waals surface area contributed by atoms with Crippen molar-refractivity contribution in [3.05, 3.63) is 59.9 Å². The first-order valence-corrected chi connectivity index (χ1v) is 11.0. The molecule has 152 valence electrons. The molecule has 6 nitrogen and oxygen atoms in total. The maximum atomic E-state index is 13.9. The summed E-state index contributed by atoms with van der Waals surface area (Å²) in [5.74, 6) is -0.316. The molecule has 2 aromatic carbocycles. The van der Waals surface area contributed by atoms with Crippen molar-refractivity contribution in [2.24, 2.45) is 10.3 Å². The van der Waals surface area contributed by atoms with Gasteiger partial charge in [0.1, 0.15) is 11.7 Å². The summed E-state index contributed by atoms with van der Waals surface area (Å²) < 4.78 is 42.8. The number of halogens is 1. The fourth-order valence-electron chi connectivity index (χ4n) is 3.65. The number of amidine groups is 1. The summed E-state index contributed by atoms with van der Waals surface area (Å²) in [7, 11) is -1.96. The highest BCUT2D eigenvalue weighted by molar-refractivity contribution is 7.90. The van der Waals surface area contributed by atoms with Gasteiger partial charge in [-0.15, -0.1) is 4.40 Å². The summed E-state index contributed by atoms with van der Waals surface area (Å²) in [6, 6.07) is 12.5. The predicted octanol–water partition coefficient (Wildman–Crippen LogP) is 3.38. The third-order valence-corrected chi connectivity index (χ3v) is 6.73. The average Bonchev–Trinajstić information content (AvgIpc) is 3.39. The molecule has 2 atom stereocenters. The van der Waals surface area contributed by atoms with Crippen molar-refractivity contribution in [2.75, 3.05) is 18.9 Å². The average molecular weight is 415 g/mol. The highest BCUT2D eigenvalue weighted by atomic mass is 32.2. The van der Waals surface area contributed by atoms with Crippen LogP contribution in [0.3, 0.4) is 0 Å². The number of amides is 1. The van der Waals surface area contributed by atoms with Gasteiger partial charge in [-0.1, -0.05) is 18.2 Å². The van der Waals surface area contributed by atoms with Crippen LogP contribution in [0.1, 0.15) is 30.7 Å². The van der Waals surface area contributed by atoms with Gasteiger partial charge in [-0.2, -0.15) is 8.42 Å². The van der Waals surface area contributed by atoms with Crippen LogP contribution < -0.4 is 5.32 Å². The Morgan fingerprint density at radius 2 is 1.90 bits per heavy atom. The van der Waals surface area contributed by atoms with E-state index in [1.807, 2.05) is 11.9 Å². The Kier molecular flexibility index (Phi) is 5.12. The molecule has 1 saturated heterocycles. The summed E-state index contributed by atoms with van der Waals surface area (Å²) in [6.07, 6.45) is 2.14. The van der Waals surface area contributed by atoms with Crippen LogP contribution in [0, 0.1) is 11.7 Å². The molecule has 4 rings (SSSR count). The molecule has 29 heavy (non-hydrogen) atoms. The zero-order valence-electron chi connectivity index (χ0n) is 16.0. The quantitative estimate of drug-likeness (QED) is 0.812. The van der Waals surface area contributed by atoms with Crippen LogP contribution in [0.2, 0.25) is 0 Å². The Hall–Kier alpha value is -2.74. The molecule has 2 aliphatic rings. The molecule has 2 unspecified atom stereocenters. The summed E-state index contributed by atoms with van der Waals surface area (Å²) in [5.41, 5.74) is 1.06. The second-order valence-corrected chi connectivity index (χ2v) is 9.10. The second kappa shape index (κ2) is 7.59. The molecular weight excluding hydrogens is 393 g/mol. The molecule has 0 bridgehead atoms. The lowest BCUT2D eigenvalue weighted by Crippen LogP contribution is -2.20.